The molecule has 90 valence electrons. The average Bonchev–Trinajstić information content (AvgIpc) is 2.82. The van der Waals surface area contributed by atoms with Crippen LogP contribution >= 0.6 is 0 Å². The van der Waals surface area contributed by atoms with Gasteiger partial charge in [0.1, 0.15) is 5.65 Å². The Balaban J connectivity index is 2.11. The Labute approximate surface area is 107 Å². The molecule has 0 radical (unpaired) electrons. The zero-order valence-corrected chi connectivity index (χ0v) is 10.7. The molecule has 2 heteroatoms. The van der Waals surface area contributed by atoms with Crippen LogP contribution in [0.2, 0.25) is 0 Å². The van der Waals surface area contributed by atoms with Gasteiger partial charge in [-0.25, -0.2) is 4.98 Å². The third-order valence-corrected chi connectivity index (χ3v) is 3.22. The van der Waals surface area contributed by atoms with Gasteiger partial charge >= 0.3 is 0 Å². The fraction of sp³-hybridized carbons (Fsp3) is 0.188. The molecule has 2 heterocycles. The van der Waals surface area contributed by atoms with Gasteiger partial charge in [0.25, 0.3) is 0 Å². The third-order valence-electron chi connectivity index (χ3n) is 3.22. The molecule has 3 rings (SSSR count). The van der Waals surface area contributed by atoms with Gasteiger partial charge in [-0.3, -0.25) is 0 Å². The second-order valence-corrected chi connectivity index (χ2v) is 4.87. The molecule has 0 aliphatic carbocycles. The van der Waals surface area contributed by atoms with Crippen LogP contribution < -0.4 is 0 Å². The molecule has 2 aromatic heterocycles. The van der Waals surface area contributed by atoms with Gasteiger partial charge in [0.05, 0.1) is 5.69 Å². The number of benzene rings is 1. The number of aromatic nitrogens is 2. The summed E-state index contributed by atoms with van der Waals surface area (Å²) in [4.78, 5) is 4.69. The number of rotatable bonds is 2. The van der Waals surface area contributed by atoms with Crippen LogP contribution in [0.5, 0.6) is 0 Å². The molecule has 3 aromatic rings. The van der Waals surface area contributed by atoms with Crippen LogP contribution in [-0.2, 0) is 0 Å². The van der Waals surface area contributed by atoms with Crippen molar-refractivity contribution in [2.24, 2.45) is 0 Å². The number of hydrogen-bond donors (Lipinski definition) is 0. The van der Waals surface area contributed by atoms with Crippen LogP contribution in [-0.4, -0.2) is 9.38 Å². The first-order valence-corrected chi connectivity index (χ1v) is 6.28. The Hall–Kier alpha value is -2.09. The second kappa shape index (κ2) is 4.30. The highest BCUT2D eigenvalue weighted by Crippen LogP contribution is 2.21. The highest BCUT2D eigenvalue weighted by Gasteiger charge is 2.05. The molecule has 2 nitrogen and oxygen atoms in total. The van der Waals surface area contributed by atoms with E-state index in [1.54, 1.807) is 0 Å². The Bertz CT molecular complexity index is 666. The molecule has 0 aliphatic rings. The topological polar surface area (TPSA) is 17.3 Å². The van der Waals surface area contributed by atoms with Gasteiger partial charge in [-0.2, -0.15) is 0 Å². The summed E-state index contributed by atoms with van der Waals surface area (Å²) in [6.45, 7) is 4.40. The normalized spacial score (nSPS) is 11.3. The molecule has 0 aliphatic heterocycles. The van der Waals surface area contributed by atoms with E-state index in [1.807, 2.05) is 18.2 Å². The minimum atomic E-state index is 0.534. The maximum atomic E-state index is 4.69. The molecule has 0 spiro atoms. The summed E-state index contributed by atoms with van der Waals surface area (Å²) in [7, 11) is 0. The van der Waals surface area contributed by atoms with E-state index in [-0.39, 0.29) is 0 Å². The number of hydrogen-bond acceptors (Lipinski definition) is 1. The molecule has 0 N–H and O–H groups in total. The molecule has 0 fully saturated rings. The summed E-state index contributed by atoms with van der Waals surface area (Å²) >= 11 is 0. The molecule has 18 heavy (non-hydrogen) atoms. The summed E-state index contributed by atoms with van der Waals surface area (Å²) in [6, 6.07) is 14.6. The number of fused-ring (bicyclic) bond motifs is 1. The van der Waals surface area contributed by atoms with E-state index < -0.39 is 0 Å². The lowest BCUT2D eigenvalue weighted by atomic mass is 10.1. The quantitative estimate of drug-likeness (QED) is 0.654. The molecule has 0 atom stereocenters. The minimum absolute atomic E-state index is 0.534. The summed E-state index contributed by atoms with van der Waals surface area (Å²) in [5.74, 6) is 0.534. The largest absolute Gasteiger partial charge is 0.306 e. The SMILES string of the molecule is CC(C)c1ccn2cc(-c3ccccc3)nc2c1. The molecule has 0 saturated heterocycles. The van der Waals surface area contributed by atoms with Crippen LogP contribution in [0.1, 0.15) is 25.3 Å². The van der Waals surface area contributed by atoms with Crippen LogP contribution in [0, 0.1) is 0 Å². The molecule has 0 amide bonds. The zero-order chi connectivity index (χ0) is 12.5. The van der Waals surface area contributed by atoms with E-state index in [0.717, 1.165) is 16.9 Å². The third kappa shape index (κ3) is 1.90. The van der Waals surface area contributed by atoms with E-state index in [4.69, 9.17) is 0 Å². The first-order chi connectivity index (χ1) is 8.74. The lowest BCUT2D eigenvalue weighted by Crippen LogP contribution is -1.90. The van der Waals surface area contributed by atoms with Crippen molar-refractivity contribution >= 4 is 5.65 Å². The zero-order valence-electron chi connectivity index (χ0n) is 10.7. The first kappa shape index (κ1) is 11.0. The molecule has 0 saturated carbocycles. The van der Waals surface area contributed by atoms with E-state index in [1.165, 1.54) is 5.56 Å². The number of pyridine rings is 1. The highest BCUT2D eigenvalue weighted by molar-refractivity contribution is 5.62. The van der Waals surface area contributed by atoms with Crippen LogP contribution in [0.3, 0.4) is 0 Å². The van der Waals surface area contributed by atoms with Crippen molar-refractivity contribution in [3.63, 3.8) is 0 Å². The Morgan fingerprint density at radius 1 is 1.06 bits per heavy atom. The highest BCUT2D eigenvalue weighted by atomic mass is 15.0. The standard InChI is InChI=1S/C16H16N2/c1-12(2)14-8-9-18-11-15(17-16(18)10-14)13-6-4-3-5-7-13/h3-12H,1-2H3. The summed E-state index contributed by atoms with van der Waals surface area (Å²) < 4.78 is 2.08. The lowest BCUT2D eigenvalue weighted by Gasteiger charge is -2.04. The number of imidazole rings is 1. The lowest BCUT2D eigenvalue weighted by molar-refractivity contribution is 0.863. The maximum absolute atomic E-state index is 4.69. The Kier molecular flexibility index (Phi) is 2.63. The van der Waals surface area contributed by atoms with Crippen molar-refractivity contribution in [2.75, 3.05) is 0 Å². The predicted octanol–water partition coefficient (Wildman–Crippen LogP) is 4.12. The Morgan fingerprint density at radius 3 is 2.56 bits per heavy atom. The molecule has 1 aromatic carbocycles. The van der Waals surface area contributed by atoms with Crippen molar-refractivity contribution in [2.45, 2.75) is 19.8 Å². The van der Waals surface area contributed by atoms with Crippen molar-refractivity contribution in [1.82, 2.24) is 9.38 Å². The van der Waals surface area contributed by atoms with Gasteiger partial charge in [0, 0.05) is 18.0 Å². The van der Waals surface area contributed by atoms with Gasteiger partial charge in [0.2, 0.25) is 0 Å². The number of nitrogens with zero attached hydrogens (tertiary/aromatic N) is 2. The second-order valence-electron chi connectivity index (χ2n) is 4.87. The summed E-state index contributed by atoms with van der Waals surface area (Å²) in [5, 5.41) is 0. The molecular weight excluding hydrogens is 220 g/mol. The molecular formula is C16H16N2. The maximum Gasteiger partial charge on any atom is 0.137 e. The van der Waals surface area contributed by atoms with Crippen molar-refractivity contribution in [1.29, 1.82) is 0 Å². The van der Waals surface area contributed by atoms with Gasteiger partial charge in [-0.1, -0.05) is 44.2 Å². The fourth-order valence-electron chi connectivity index (χ4n) is 2.10. The van der Waals surface area contributed by atoms with Crippen molar-refractivity contribution in [3.05, 3.63) is 60.4 Å². The average molecular weight is 236 g/mol. The van der Waals surface area contributed by atoms with E-state index in [0.29, 0.717) is 5.92 Å². The fourth-order valence-corrected chi connectivity index (χ4v) is 2.10. The van der Waals surface area contributed by atoms with E-state index in [9.17, 15) is 0 Å². The van der Waals surface area contributed by atoms with Crippen LogP contribution in [0.25, 0.3) is 16.9 Å². The van der Waals surface area contributed by atoms with Crippen molar-refractivity contribution in [3.8, 4) is 11.3 Å². The molecule has 0 unspecified atom stereocenters. The van der Waals surface area contributed by atoms with Gasteiger partial charge in [0.15, 0.2) is 0 Å². The molecule has 0 bridgehead atoms. The van der Waals surface area contributed by atoms with E-state index >= 15 is 0 Å². The Morgan fingerprint density at radius 2 is 1.83 bits per heavy atom. The van der Waals surface area contributed by atoms with Gasteiger partial charge in [-0.05, 0) is 23.6 Å². The van der Waals surface area contributed by atoms with E-state index in [2.05, 4.69) is 59.9 Å². The van der Waals surface area contributed by atoms with Gasteiger partial charge in [-0.15, -0.1) is 0 Å². The summed E-state index contributed by atoms with van der Waals surface area (Å²) in [5.41, 5.74) is 4.52. The monoisotopic (exact) mass is 236 g/mol. The van der Waals surface area contributed by atoms with Crippen LogP contribution in [0.15, 0.2) is 54.9 Å². The van der Waals surface area contributed by atoms with Gasteiger partial charge < -0.3 is 4.40 Å². The summed E-state index contributed by atoms with van der Waals surface area (Å²) in [6.07, 6.45) is 4.17. The van der Waals surface area contributed by atoms with Crippen molar-refractivity contribution < 1.29 is 0 Å². The smallest absolute Gasteiger partial charge is 0.137 e. The minimum Gasteiger partial charge on any atom is -0.306 e. The predicted molar refractivity (Wildman–Crippen MR) is 74.7 cm³/mol. The van der Waals surface area contributed by atoms with Crippen LogP contribution in [0.4, 0.5) is 0 Å². The first-order valence-electron chi connectivity index (χ1n) is 6.28.